The van der Waals surface area contributed by atoms with Crippen molar-refractivity contribution in [3.63, 3.8) is 0 Å². The van der Waals surface area contributed by atoms with Crippen LogP contribution in [0.4, 0.5) is 0 Å². The normalized spacial score (nSPS) is 10.6. The third-order valence-corrected chi connectivity index (χ3v) is 3.84. The maximum Gasteiger partial charge on any atom is 0.193 e. The summed E-state index contributed by atoms with van der Waals surface area (Å²) in [4.78, 5) is 12.6. The van der Waals surface area contributed by atoms with Gasteiger partial charge in [-0.2, -0.15) is 0 Å². The fraction of sp³-hybridized carbons (Fsp3) is 0. The fourth-order valence-electron chi connectivity index (χ4n) is 2.21. The Labute approximate surface area is 120 Å². The van der Waals surface area contributed by atoms with E-state index in [0.29, 0.717) is 0 Å². The van der Waals surface area contributed by atoms with Crippen LogP contribution in [0.2, 0.25) is 0 Å². The van der Waals surface area contributed by atoms with Gasteiger partial charge in [-0.05, 0) is 22.9 Å². The van der Waals surface area contributed by atoms with Crippen LogP contribution in [0.15, 0.2) is 71.2 Å². The van der Waals surface area contributed by atoms with Gasteiger partial charge in [-0.3, -0.25) is 4.79 Å². The van der Waals surface area contributed by atoms with E-state index < -0.39 is 0 Å². The minimum absolute atomic E-state index is 0.0595. The van der Waals surface area contributed by atoms with Crippen LogP contribution in [-0.4, -0.2) is 5.78 Å². The molecule has 0 aliphatic rings. The van der Waals surface area contributed by atoms with E-state index in [9.17, 15) is 4.79 Å². The Kier molecular flexibility index (Phi) is 3.18. The van der Waals surface area contributed by atoms with E-state index in [1.165, 1.54) is 0 Å². The van der Waals surface area contributed by atoms with Crippen molar-refractivity contribution < 1.29 is 4.79 Å². The molecule has 19 heavy (non-hydrogen) atoms. The molecule has 0 amide bonds. The van der Waals surface area contributed by atoms with Crippen LogP contribution in [0.1, 0.15) is 15.9 Å². The zero-order chi connectivity index (χ0) is 13.2. The average Bonchev–Trinajstić information content (AvgIpc) is 2.48. The Morgan fingerprint density at radius 1 is 0.737 bits per heavy atom. The lowest BCUT2D eigenvalue weighted by molar-refractivity contribution is 0.104. The van der Waals surface area contributed by atoms with E-state index in [2.05, 4.69) is 15.9 Å². The molecule has 2 heteroatoms. The van der Waals surface area contributed by atoms with E-state index in [0.717, 1.165) is 26.4 Å². The second-order valence-electron chi connectivity index (χ2n) is 4.34. The van der Waals surface area contributed by atoms with Crippen molar-refractivity contribution in [1.82, 2.24) is 0 Å². The topological polar surface area (TPSA) is 17.1 Å². The molecule has 0 saturated carbocycles. The Bertz CT molecular complexity index is 748. The summed E-state index contributed by atoms with van der Waals surface area (Å²) >= 11 is 3.53. The van der Waals surface area contributed by atoms with Crippen LogP contribution in [0.5, 0.6) is 0 Å². The van der Waals surface area contributed by atoms with Crippen molar-refractivity contribution in [1.29, 1.82) is 0 Å². The Morgan fingerprint density at radius 2 is 1.37 bits per heavy atom. The second kappa shape index (κ2) is 4.98. The highest BCUT2D eigenvalue weighted by atomic mass is 79.9. The molecule has 0 saturated heterocycles. The summed E-state index contributed by atoms with van der Waals surface area (Å²) in [5, 5.41) is 2.04. The van der Waals surface area contributed by atoms with Gasteiger partial charge in [-0.1, -0.05) is 70.5 Å². The van der Waals surface area contributed by atoms with Gasteiger partial charge in [-0.25, -0.2) is 0 Å². The van der Waals surface area contributed by atoms with Gasteiger partial charge < -0.3 is 0 Å². The molecule has 0 spiro atoms. The molecule has 1 nitrogen and oxygen atoms in total. The van der Waals surface area contributed by atoms with Crippen molar-refractivity contribution in [2.75, 3.05) is 0 Å². The summed E-state index contributed by atoms with van der Waals surface area (Å²) in [7, 11) is 0. The highest BCUT2D eigenvalue weighted by Gasteiger charge is 2.12. The molecular formula is C17H11BrO. The van der Waals surface area contributed by atoms with E-state index in [-0.39, 0.29) is 5.78 Å². The van der Waals surface area contributed by atoms with Crippen LogP contribution in [-0.2, 0) is 0 Å². The van der Waals surface area contributed by atoms with Gasteiger partial charge in [0.2, 0.25) is 0 Å². The van der Waals surface area contributed by atoms with Crippen molar-refractivity contribution in [2.24, 2.45) is 0 Å². The monoisotopic (exact) mass is 310 g/mol. The van der Waals surface area contributed by atoms with Gasteiger partial charge in [0.25, 0.3) is 0 Å². The maximum atomic E-state index is 12.6. The highest BCUT2D eigenvalue weighted by molar-refractivity contribution is 9.10. The van der Waals surface area contributed by atoms with Crippen molar-refractivity contribution >= 4 is 32.5 Å². The van der Waals surface area contributed by atoms with Crippen molar-refractivity contribution in [3.8, 4) is 0 Å². The van der Waals surface area contributed by atoms with E-state index in [4.69, 9.17) is 0 Å². The van der Waals surface area contributed by atoms with Gasteiger partial charge in [-0.15, -0.1) is 0 Å². The van der Waals surface area contributed by atoms with E-state index in [1.54, 1.807) is 0 Å². The lowest BCUT2D eigenvalue weighted by atomic mass is 9.97. The first kappa shape index (κ1) is 12.1. The molecule has 3 rings (SSSR count). The lowest BCUT2D eigenvalue weighted by Crippen LogP contribution is -2.01. The summed E-state index contributed by atoms with van der Waals surface area (Å²) in [5.74, 6) is 0.0595. The summed E-state index contributed by atoms with van der Waals surface area (Å²) in [5.41, 5.74) is 1.46. The molecule has 0 bridgehead atoms. The lowest BCUT2D eigenvalue weighted by Gasteiger charge is -2.07. The summed E-state index contributed by atoms with van der Waals surface area (Å²) < 4.78 is 1.01. The SMILES string of the molecule is O=C(c1ccccc1)c1ccc(Br)c2ccccc12. The molecule has 0 N–H and O–H groups in total. The predicted molar refractivity (Wildman–Crippen MR) is 81.5 cm³/mol. The Hall–Kier alpha value is -1.93. The standard InChI is InChI=1S/C17H11BrO/c18-16-11-10-15(13-8-4-5-9-14(13)16)17(19)12-6-2-1-3-7-12/h1-11H. The van der Waals surface area contributed by atoms with Gasteiger partial charge in [0.1, 0.15) is 0 Å². The van der Waals surface area contributed by atoms with E-state index in [1.807, 2.05) is 66.7 Å². The van der Waals surface area contributed by atoms with Crippen LogP contribution in [0.25, 0.3) is 10.8 Å². The number of benzene rings is 3. The Balaban J connectivity index is 2.22. The second-order valence-corrected chi connectivity index (χ2v) is 5.19. The molecule has 92 valence electrons. The maximum absolute atomic E-state index is 12.6. The van der Waals surface area contributed by atoms with Crippen LogP contribution in [0, 0.1) is 0 Å². The molecule has 0 aromatic heterocycles. The van der Waals surface area contributed by atoms with E-state index >= 15 is 0 Å². The first-order chi connectivity index (χ1) is 9.27. The third-order valence-electron chi connectivity index (χ3n) is 3.15. The minimum atomic E-state index is 0.0595. The van der Waals surface area contributed by atoms with Crippen LogP contribution in [0.3, 0.4) is 0 Å². The molecule has 0 unspecified atom stereocenters. The van der Waals surface area contributed by atoms with Gasteiger partial charge >= 0.3 is 0 Å². The fourth-order valence-corrected chi connectivity index (χ4v) is 2.68. The first-order valence-electron chi connectivity index (χ1n) is 6.04. The van der Waals surface area contributed by atoms with Crippen molar-refractivity contribution in [2.45, 2.75) is 0 Å². The molecule has 0 radical (unpaired) electrons. The quantitative estimate of drug-likeness (QED) is 0.619. The smallest absolute Gasteiger partial charge is 0.193 e. The van der Waals surface area contributed by atoms with Crippen LogP contribution < -0.4 is 0 Å². The molecule has 0 atom stereocenters. The predicted octanol–water partition coefficient (Wildman–Crippen LogP) is 4.83. The van der Waals surface area contributed by atoms with Gasteiger partial charge in [0.05, 0.1) is 0 Å². The molecule has 3 aromatic carbocycles. The number of rotatable bonds is 2. The van der Waals surface area contributed by atoms with Crippen molar-refractivity contribution in [3.05, 3.63) is 82.3 Å². The first-order valence-corrected chi connectivity index (χ1v) is 6.83. The van der Waals surface area contributed by atoms with Crippen LogP contribution >= 0.6 is 15.9 Å². The number of halogens is 1. The summed E-state index contributed by atoms with van der Waals surface area (Å²) in [6.45, 7) is 0. The number of ketones is 1. The number of hydrogen-bond donors (Lipinski definition) is 0. The minimum Gasteiger partial charge on any atom is -0.289 e. The summed E-state index contributed by atoms with van der Waals surface area (Å²) in [6, 6.07) is 21.1. The molecule has 0 fully saturated rings. The largest absolute Gasteiger partial charge is 0.289 e. The molecule has 0 aliphatic carbocycles. The number of carbonyl (C=O) groups excluding carboxylic acids is 1. The number of hydrogen-bond acceptors (Lipinski definition) is 1. The number of carbonyl (C=O) groups is 1. The van der Waals surface area contributed by atoms with Gasteiger partial charge in [0, 0.05) is 15.6 Å². The Morgan fingerprint density at radius 3 is 2.11 bits per heavy atom. The molecule has 3 aromatic rings. The molecule has 0 heterocycles. The number of fused-ring (bicyclic) bond motifs is 1. The van der Waals surface area contributed by atoms with Gasteiger partial charge in [0.15, 0.2) is 5.78 Å². The zero-order valence-corrected chi connectivity index (χ0v) is 11.7. The molecule has 0 aliphatic heterocycles. The summed E-state index contributed by atoms with van der Waals surface area (Å²) in [6.07, 6.45) is 0. The molecular weight excluding hydrogens is 300 g/mol. The zero-order valence-electron chi connectivity index (χ0n) is 10.1. The highest BCUT2D eigenvalue weighted by Crippen LogP contribution is 2.28. The average molecular weight is 311 g/mol. The third kappa shape index (κ3) is 2.20.